The first kappa shape index (κ1) is 14.3. The Labute approximate surface area is 133 Å². The van der Waals surface area contributed by atoms with Crippen LogP contribution in [-0.4, -0.2) is 12.4 Å². The maximum atomic E-state index is 12.4. The number of carbonyl (C=O) groups excluding carboxylic acids is 1. The maximum absolute atomic E-state index is 12.4. The zero-order valence-electron chi connectivity index (χ0n) is 13.7. The van der Waals surface area contributed by atoms with Gasteiger partial charge in [-0.3, -0.25) is 4.79 Å². The number of aryl methyl sites for hydroxylation is 1. The molecular formula is C20H26O2. The molecule has 1 aromatic carbocycles. The van der Waals surface area contributed by atoms with Crippen LogP contribution in [0.1, 0.15) is 63.0 Å². The molecule has 0 aliphatic heterocycles. The Kier molecular flexibility index (Phi) is 3.32. The molecule has 0 amide bonds. The van der Waals surface area contributed by atoms with Crippen molar-refractivity contribution in [1.29, 1.82) is 0 Å². The lowest BCUT2D eigenvalue weighted by Gasteiger charge is -2.48. The molecule has 22 heavy (non-hydrogen) atoms. The molecule has 0 saturated heterocycles. The van der Waals surface area contributed by atoms with Gasteiger partial charge in [0.25, 0.3) is 0 Å². The van der Waals surface area contributed by atoms with E-state index >= 15 is 0 Å². The molecule has 4 rings (SSSR count). The quantitative estimate of drug-likeness (QED) is 0.803. The molecule has 4 atom stereocenters. The summed E-state index contributed by atoms with van der Waals surface area (Å²) in [6.45, 7) is 5.01. The van der Waals surface area contributed by atoms with Crippen LogP contribution in [0.15, 0.2) is 18.2 Å². The fourth-order valence-corrected chi connectivity index (χ4v) is 5.59. The summed E-state index contributed by atoms with van der Waals surface area (Å²) in [5.41, 5.74) is 3.02. The van der Waals surface area contributed by atoms with Crippen LogP contribution >= 0.6 is 0 Å². The summed E-state index contributed by atoms with van der Waals surface area (Å²) >= 11 is 0. The lowest BCUT2D eigenvalue weighted by molar-refractivity contribution is -0.129. The van der Waals surface area contributed by atoms with Crippen LogP contribution in [0, 0.1) is 17.3 Å². The van der Waals surface area contributed by atoms with Gasteiger partial charge in [-0.05, 0) is 80.0 Å². The summed E-state index contributed by atoms with van der Waals surface area (Å²) in [6, 6.07) is 6.69. The average Bonchev–Trinajstić information content (AvgIpc) is 2.83. The van der Waals surface area contributed by atoms with Gasteiger partial charge in [-0.2, -0.15) is 0 Å². The minimum absolute atomic E-state index is 0.00999. The Morgan fingerprint density at radius 1 is 1.23 bits per heavy atom. The van der Waals surface area contributed by atoms with Crippen molar-refractivity contribution in [1.82, 2.24) is 0 Å². The predicted octanol–water partition coefficient (Wildman–Crippen LogP) is 4.51. The Morgan fingerprint density at radius 3 is 2.91 bits per heavy atom. The van der Waals surface area contributed by atoms with E-state index in [1.165, 1.54) is 18.4 Å². The standard InChI is InChI=1S/C20H26O2/c1-3-22-14-5-7-15-13(12-14)4-6-17-16(15)10-11-20(2)18(17)8-9-19(20)21/h5,7,12,16-18H,3-4,6,8-11H2,1-2H3/t16-,17+,18-,20-/m0/s1. The number of hydrogen-bond donors (Lipinski definition) is 0. The molecule has 118 valence electrons. The summed E-state index contributed by atoms with van der Waals surface area (Å²) in [5.74, 6) is 3.56. The molecule has 1 aromatic rings. The number of benzene rings is 1. The fourth-order valence-electron chi connectivity index (χ4n) is 5.59. The molecule has 0 unspecified atom stereocenters. The largest absolute Gasteiger partial charge is 0.494 e. The van der Waals surface area contributed by atoms with Gasteiger partial charge >= 0.3 is 0 Å². The molecule has 0 spiro atoms. The molecule has 0 N–H and O–H groups in total. The zero-order valence-corrected chi connectivity index (χ0v) is 13.7. The van der Waals surface area contributed by atoms with E-state index < -0.39 is 0 Å². The Morgan fingerprint density at radius 2 is 2.09 bits per heavy atom. The highest BCUT2D eigenvalue weighted by atomic mass is 16.5. The zero-order chi connectivity index (χ0) is 15.3. The van der Waals surface area contributed by atoms with Crippen molar-refractivity contribution < 1.29 is 9.53 Å². The topological polar surface area (TPSA) is 26.3 Å². The number of Topliss-reactive ketones (excluding diaryl/α,β-unsaturated/α-hetero) is 1. The van der Waals surface area contributed by atoms with E-state index in [0.29, 0.717) is 17.6 Å². The summed E-state index contributed by atoms with van der Waals surface area (Å²) in [6.07, 6.45) is 6.62. The first-order valence-electron chi connectivity index (χ1n) is 8.92. The molecule has 2 heteroatoms. The van der Waals surface area contributed by atoms with Gasteiger partial charge in [-0.25, -0.2) is 0 Å². The van der Waals surface area contributed by atoms with E-state index in [1.54, 1.807) is 5.56 Å². The summed E-state index contributed by atoms with van der Waals surface area (Å²) in [5, 5.41) is 0. The minimum Gasteiger partial charge on any atom is -0.494 e. The SMILES string of the molecule is CCOc1ccc2c(c1)CC[C@@H]1[C@H]2CC[C@]2(C)C(=O)CC[C@@H]12. The molecular weight excluding hydrogens is 272 g/mol. The smallest absolute Gasteiger partial charge is 0.139 e. The Balaban J connectivity index is 1.66. The van der Waals surface area contributed by atoms with Gasteiger partial charge in [-0.15, -0.1) is 0 Å². The molecule has 2 fully saturated rings. The Bertz CT molecular complexity index is 606. The van der Waals surface area contributed by atoms with Gasteiger partial charge in [0, 0.05) is 11.8 Å². The predicted molar refractivity (Wildman–Crippen MR) is 87.2 cm³/mol. The summed E-state index contributed by atoms with van der Waals surface area (Å²) in [7, 11) is 0. The van der Waals surface area contributed by atoms with Gasteiger partial charge < -0.3 is 4.74 Å². The molecule has 3 aliphatic carbocycles. The van der Waals surface area contributed by atoms with Gasteiger partial charge in [0.1, 0.15) is 11.5 Å². The van der Waals surface area contributed by atoms with E-state index in [2.05, 4.69) is 25.1 Å². The van der Waals surface area contributed by atoms with Crippen LogP contribution in [0.3, 0.4) is 0 Å². The van der Waals surface area contributed by atoms with Crippen LogP contribution in [0.4, 0.5) is 0 Å². The molecule has 0 aromatic heterocycles. The number of hydrogen-bond acceptors (Lipinski definition) is 2. The number of ether oxygens (including phenoxy) is 1. The lowest BCUT2D eigenvalue weighted by atomic mass is 9.55. The molecule has 2 saturated carbocycles. The number of fused-ring (bicyclic) bond motifs is 5. The first-order valence-corrected chi connectivity index (χ1v) is 8.92. The molecule has 3 aliphatic rings. The van der Waals surface area contributed by atoms with Crippen LogP contribution in [-0.2, 0) is 11.2 Å². The second-order valence-electron chi connectivity index (χ2n) is 7.63. The van der Waals surface area contributed by atoms with Crippen molar-refractivity contribution in [2.75, 3.05) is 6.61 Å². The van der Waals surface area contributed by atoms with Crippen LogP contribution in [0.25, 0.3) is 0 Å². The van der Waals surface area contributed by atoms with Crippen molar-refractivity contribution in [3.8, 4) is 5.75 Å². The van der Waals surface area contributed by atoms with Crippen LogP contribution in [0.5, 0.6) is 5.75 Å². The highest BCUT2D eigenvalue weighted by Crippen LogP contribution is 2.59. The lowest BCUT2D eigenvalue weighted by Crippen LogP contribution is -2.42. The van der Waals surface area contributed by atoms with Crippen molar-refractivity contribution in [2.45, 2.75) is 58.3 Å². The fraction of sp³-hybridized carbons (Fsp3) is 0.650. The van der Waals surface area contributed by atoms with Crippen molar-refractivity contribution in [3.05, 3.63) is 29.3 Å². The van der Waals surface area contributed by atoms with E-state index in [1.807, 2.05) is 6.92 Å². The van der Waals surface area contributed by atoms with Gasteiger partial charge in [0.2, 0.25) is 0 Å². The number of carbonyl (C=O) groups is 1. The van der Waals surface area contributed by atoms with Gasteiger partial charge in [0.15, 0.2) is 0 Å². The molecule has 0 bridgehead atoms. The summed E-state index contributed by atoms with van der Waals surface area (Å²) < 4.78 is 5.66. The molecule has 0 radical (unpaired) electrons. The molecule has 2 nitrogen and oxygen atoms in total. The van der Waals surface area contributed by atoms with Gasteiger partial charge in [-0.1, -0.05) is 13.0 Å². The van der Waals surface area contributed by atoms with E-state index in [-0.39, 0.29) is 5.41 Å². The summed E-state index contributed by atoms with van der Waals surface area (Å²) in [4.78, 5) is 12.4. The minimum atomic E-state index is -0.00999. The molecule has 0 heterocycles. The third kappa shape index (κ3) is 1.96. The highest BCUT2D eigenvalue weighted by molar-refractivity contribution is 5.87. The Hall–Kier alpha value is -1.31. The third-order valence-corrected chi connectivity index (χ3v) is 6.72. The first-order chi connectivity index (χ1) is 10.6. The van der Waals surface area contributed by atoms with Crippen molar-refractivity contribution in [2.24, 2.45) is 17.3 Å². The van der Waals surface area contributed by atoms with E-state index in [9.17, 15) is 4.79 Å². The van der Waals surface area contributed by atoms with Crippen molar-refractivity contribution in [3.63, 3.8) is 0 Å². The second kappa shape index (κ2) is 5.11. The van der Waals surface area contributed by atoms with Crippen LogP contribution < -0.4 is 4.74 Å². The third-order valence-electron chi connectivity index (χ3n) is 6.72. The number of rotatable bonds is 2. The van der Waals surface area contributed by atoms with Crippen molar-refractivity contribution >= 4 is 5.78 Å². The maximum Gasteiger partial charge on any atom is 0.139 e. The normalized spacial score (nSPS) is 36.5. The van der Waals surface area contributed by atoms with Gasteiger partial charge in [0.05, 0.1) is 6.61 Å². The monoisotopic (exact) mass is 298 g/mol. The van der Waals surface area contributed by atoms with Crippen LogP contribution in [0.2, 0.25) is 0 Å². The average molecular weight is 298 g/mol. The number of ketones is 1. The van der Waals surface area contributed by atoms with E-state index in [4.69, 9.17) is 4.74 Å². The second-order valence-corrected chi connectivity index (χ2v) is 7.63. The highest BCUT2D eigenvalue weighted by Gasteiger charge is 2.54. The van der Waals surface area contributed by atoms with E-state index in [0.717, 1.165) is 44.0 Å².